The predicted octanol–water partition coefficient (Wildman–Crippen LogP) is 3.15. The van der Waals surface area contributed by atoms with Crippen LogP contribution in [0.25, 0.3) is 31.6 Å². The fraction of sp³-hybridized carbons (Fsp3) is 0. The van der Waals surface area contributed by atoms with E-state index < -0.39 is 40.2 Å². The average Bonchev–Trinajstić information content (AvgIpc) is 3.02. The SMILES string of the molecule is Oc1c(O)c(O)c2c(sc3c(O)c(O)c(O)c(-c4nc(Cl)nc(Cl)n4)c32)c1O. The molecule has 2 heterocycles. The van der Waals surface area contributed by atoms with E-state index in [2.05, 4.69) is 15.0 Å². The number of aromatic nitrogens is 3. The maximum absolute atomic E-state index is 10.4. The molecule has 0 amide bonds. The highest BCUT2D eigenvalue weighted by Crippen LogP contribution is 2.59. The number of hydrogen-bond donors (Lipinski definition) is 7. The highest BCUT2D eigenvalue weighted by atomic mass is 35.5. The van der Waals surface area contributed by atoms with Crippen molar-refractivity contribution >= 4 is 54.7 Å². The van der Waals surface area contributed by atoms with E-state index >= 15 is 0 Å². The van der Waals surface area contributed by atoms with Crippen molar-refractivity contribution in [2.45, 2.75) is 0 Å². The molecule has 0 saturated heterocycles. The zero-order chi connectivity index (χ0) is 20.5. The Morgan fingerprint density at radius 3 is 1.57 bits per heavy atom. The van der Waals surface area contributed by atoms with Crippen molar-refractivity contribution in [1.29, 1.82) is 0 Å². The lowest BCUT2D eigenvalue weighted by molar-refractivity contribution is 0.351. The zero-order valence-electron chi connectivity index (χ0n) is 13.1. The monoisotopic (exact) mass is 443 g/mol. The van der Waals surface area contributed by atoms with Crippen molar-refractivity contribution in [3.8, 4) is 51.6 Å². The van der Waals surface area contributed by atoms with Gasteiger partial charge in [0.15, 0.2) is 28.8 Å². The van der Waals surface area contributed by atoms with Crippen LogP contribution in [0.3, 0.4) is 0 Å². The van der Waals surface area contributed by atoms with E-state index in [1.807, 2.05) is 0 Å². The number of rotatable bonds is 1. The van der Waals surface area contributed by atoms with Crippen LogP contribution < -0.4 is 0 Å². The number of thiophene rings is 1. The summed E-state index contributed by atoms with van der Waals surface area (Å²) in [5.74, 6) is -6.58. The number of phenolic OH excluding ortho intramolecular Hbond substituents is 7. The van der Waals surface area contributed by atoms with Crippen molar-refractivity contribution in [3.05, 3.63) is 10.6 Å². The number of fused-ring (bicyclic) bond motifs is 3. The van der Waals surface area contributed by atoms with Crippen molar-refractivity contribution < 1.29 is 35.7 Å². The molecule has 0 aliphatic carbocycles. The van der Waals surface area contributed by atoms with Crippen LogP contribution in [-0.4, -0.2) is 50.7 Å². The van der Waals surface area contributed by atoms with Gasteiger partial charge in [0.05, 0.1) is 20.3 Å². The number of hydrogen-bond acceptors (Lipinski definition) is 11. The van der Waals surface area contributed by atoms with Crippen LogP contribution in [0, 0.1) is 0 Å². The fourth-order valence-electron chi connectivity index (χ4n) is 2.79. The van der Waals surface area contributed by atoms with Crippen LogP contribution in [-0.2, 0) is 0 Å². The summed E-state index contributed by atoms with van der Waals surface area (Å²) >= 11 is 12.2. The molecule has 144 valence electrons. The van der Waals surface area contributed by atoms with Gasteiger partial charge in [0.2, 0.25) is 27.8 Å². The molecule has 28 heavy (non-hydrogen) atoms. The van der Waals surface area contributed by atoms with E-state index in [1.165, 1.54) is 0 Å². The number of benzene rings is 2. The third kappa shape index (κ3) is 2.30. The molecule has 0 spiro atoms. The maximum atomic E-state index is 10.4. The minimum absolute atomic E-state index is 0.122. The van der Waals surface area contributed by atoms with Crippen LogP contribution in [0.5, 0.6) is 40.2 Å². The van der Waals surface area contributed by atoms with Crippen molar-refractivity contribution in [3.63, 3.8) is 0 Å². The van der Waals surface area contributed by atoms with E-state index in [4.69, 9.17) is 23.2 Å². The first-order chi connectivity index (χ1) is 13.1. The quantitative estimate of drug-likeness (QED) is 0.170. The topological polar surface area (TPSA) is 180 Å². The van der Waals surface area contributed by atoms with Crippen LogP contribution >= 0.6 is 34.5 Å². The summed E-state index contributed by atoms with van der Waals surface area (Å²) < 4.78 is -0.279. The first-order valence-electron chi connectivity index (χ1n) is 7.19. The van der Waals surface area contributed by atoms with E-state index in [9.17, 15) is 35.7 Å². The molecule has 0 atom stereocenters. The molecule has 2 aromatic carbocycles. The molecule has 0 fully saturated rings. The first kappa shape index (κ1) is 18.2. The second kappa shape index (κ2) is 5.92. The van der Waals surface area contributed by atoms with Crippen LogP contribution in [0.2, 0.25) is 10.6 Å². The lowest BCUT2D eigenvalue weighted by atomic mass is 10.0. The van der Waals surface area contributed by atoms with Crippen LogP contribution in [0.4, 0.5) is 0 Å². The van der Waals surface area contributed by atoms with Gasteiger partial charge in [-0.25, -0.2) is 0 Å². The summed E-state index contributed by atoms with van der Waals surface area (Å²) in [6, 6.07) is 0. The van der Waals surface area contributed by atoms with Crippen LogP contribution in [0.15, 0.2) is 0 Å². The standard InChI is InChI=1S/C15H7Cl2N3O7S/c16-14-18-13(19-15(17)20-14)3-1-2-4(21)6(23)8(25)10(27)12(2)28-11(1)9(26)7(24)5(3)22/h21-27H. The number of halogens is 2. The molecule has 0 saturated carbocycles. The smallest absolute Gasteiger partial charge is 0.227 e. The molecular weight excluding hydrogens is 437 g/mol. The molecule has 0 aliphatic heterocycles. The predicted molar refractivity (Wildman–Crippen MR) is 99.8 cm³/mol. The van der Waals surface area contributed by atoms with Crippen molar-refractivity contribution in [2.75, 3.05) is 0 Å². The Kier molecular flexibility index (Phi) is 3.86. The Labute approximate surface area is 167 Å². The van der Waals surface area contributed by atoms with Gasteiger partial charge in [0.25, 0.3) is 0 Å². The molecule has 4 rings (SSSR count). The van der Waals surface area contributed by atoms with E-state index in [1.54, 1.807) is 0 Å². The second-order valence-corrected chi connectivity index (χ2v) is 7.22. The van der Waals surface area contributed by atoms with E-state index in [-0.39, 0.29) is 42.1 Å². The van der Waals surface area contributed by atoms with Gasteiger partial charge in [-0.15, -0.1) is 11.3 Å². The maximum Gasteiger partial charge on any atom is 0.227 e. The third-order valence-corrected chi connectivity index (χ3v) is 5.53. The lowest BCUT2D eigenvalue weighted by Crippen LogP contribution is -1.95. The number of nitrogens with zero attached hydrogens (tertiary/aromatic N) is 3. The van der Waals surface area contributed by atoms with Gasteiger partial charge in [-0.05, 0) is 23.2 Å². The molecule has 2 aromatic heterocycles. The third-order valence-electron chi connectivity index (χ3n) is 3.99. The summed E-state index contributed by atoms with van der Waals surface area (Å²) in [6.07, 6.45) is 0. The summed E-state index contributed by atoms with van der Waals surface area (Å²) in [4.78, 5) is 11.2. The van der Waals surface area contributed by atoms with Gasteiger partial charge in [0, 0.05) is 5.39 Å². The molecule has 13 heteroatoms. The molecule has 10 nitrogen and oxygen atoms in total. The Morgan fingerprint density at radius 1 is 0.536 bits per heavy atom. The molecule has 0 unspecified atom stereocenters. The Balaban J connectivity index is 2.34. The molecule has 0 aliphatic rings. The number of aromatic hydroxyl groups is 7. The summed E-state index contributed by atoms with van der Waals surface area (Å²) in [5.41, 5.74) is -0.317. The largest absolute Gasteiger partial charge is 0.504 e. The van der Waals surface area contributed by atoms with Gasteiger partial charge < -0.3 is 35.7 Å². The molecule has 0 radical (unpaired) electrons. The Morgan fingerprint density at radius 2 is 1.00 bits per heavy atom. The lowest BCUT2D eigenvalue weighted by Gasteiger charge is -2.11. The molecular formula is C15H7Cl2N3O7S. The summed E-state index contributed by atoms with van der Waals surface area (Å²) in [5, 5.41) is 69.8. The highest BCUT2D eigenvalue weighted by Gasteiger charge is 2.30. The van der Waals surface area contributed by atoms with Gasteiger partial charge in [-0.3, -0.25) is 0 Å². The summed E-state index contributed by atoms with van der Waals surface area (Å²) in [6.45, 7) is 0. The fourth-order valence-corrected chi connectivity index (χ4v) is 4.35. The van der Waals surface area contributed by atoms with Crippen LogP contribution in [0.1, 0.15) is 0 Å². The molecule has 4 aromatic rings. The van der Waals surface area contributed by atoms with Gasteiger partial charge >= 0.3 is 0 Å². The summed E-state index contributed by atoms with van der Waals surface area (Å²) in [7, 11) is 0. The van der Waals surface area contributed by atoms with Gasteiger partial charge in [0.1, 0.15) is 0 Å². The van der Waals surface area contributed by atoms with Gasteiger partial charge in [-0.1, -0.05) is 0 Å². The van der Waals surface area contributed by atoms with E-state index in [0.29, 0.717) is 11.3 Å². The minimum atomic E-state index is -1.03. The first-order valence-corrected chi connectivity index (χ1v) is 8.77. The zero-order valence-corrected chi connectivity index (χ0v) is 15.5. The molecule has 7 N–H and O–H groups in total. The average molecular weight is 444 g/mol. The Hall–Kier alpha value is -3.15. The normalized spacial score (nSPS) is 11.5. The van der Waals surface area contributed by atoms with Crippen molar-refractivity contribution in [2.24, 2.45) is 0 Å². The highest BCUT2D eigenvalue weighted by molar-refractivity contribution is 7.26. The minimum Gasteiger partial charge on any atom is -0.504 e. The van der Waals surface area contributed by atoms with Gasteiger partial charge in [-0.2, -0.15) is 15.0 Å². The Bertz CT molecular complexity index is 1310. The van der Waals surface area contributed by atoms with E-state index in [0.717, 1.165) is 0 Å². The second-order valence-electron chi connectivity index (χ2n) is 5.52. The number of phenols is 7. The van der Waals surface area contributed by atoms with Crippen molar-refractivity contribution in [1.82, 2.24) is 15.0 Å². The molecule has 0 bridgehead atoms.